The lowest BCUT2D eigenvalue weighted by Gasteiger charge is -2.38. The molecule has 1 aliphatic heterocycles. The molecule has 0 spiro atoms. The normalized spacial score (nSPS) is 25.1. The quantitative estimate of drug-likeness (QED) is 0.540. The predicted octanol–water partition coefficient (Wildman–Crippen LogP) is 1.62. The summed E-state index contributed by atoms with van der Waals surface area (Å²) in [6.45, 7) is 3.89. The molecule has 10 heavy (non-hydrogen) atoms. The number of hydrogen-bond acceptors (Lipinski definition) is 2. The van der Waals surface area contributed by atoms with Crippen LogP contribution in [0.15, 0.2) is 0 Å². The Kier molecular flexibility index (Phi) is 1.68. The number of amidine groups is 1. The van der Waals surface area contributed by atoms with E-state index in [1.54, 1.807) is 0 Å². The smallest absolute Gasteiger partial charge is 0.121 e. The summed E-state index contributed by atoms with van der Waals surface area (Å²) in [4.78, 5) is 0. The highest BCUT2D eigenvalue weighted by molar-refractivity contribution is 5.79. The molecule has 0 unspecified atom stereocenters. The Morgan fingerprint density at radius 2 is 2.20 bits per heavy atom. The molecule has 3 nitrogen and oxygen atoms in total. The molecule has 0 aromatic carbocycles. The standard InChI is InChI=1S/C7H14N2O/c1-7(2)5-3-4-6(8)9(7)10/h8,10H,3-5H2,1-2H3. The molecule has 0 amide bonds. The van der Waals surface area contributed by atoms with Crippen molar-refractivity contribution in [3.63, 3.8) is 0 Å². The first kappa shape index (κ1) is 7.54. The molecule has 1 aliphatic rings. The van der Waals surface area contributed by atoms with Crippen molar-refractivity contribution in [1.82, 2.24) is 5.06 Å². The summed E-state index contributed by atoms with van der Waals surface area (Å²) < 4.78 is 0. The van der Waals surface area contributed by atoms with E-state index in [1.165, 1.54) is 0 Å². The third-order valence-electron chi connectivity index (χ3n) is 2.03. The molecule has 1 heterocycles. The maximum absolute atomic E-state index is 9.31. The molecule has 1 saturated heterocycles. The van der Waals surface area contributed by atoms with E-state index < -0.39 is 0 Å². The van der Waals surface area contributed by atoms with Gasteiger partial charge in [-0.2, -0.15) is 0 Å². The van der Waals surface area contributed by atoms with Gasteiger partial charge < -0.3 is 0 Å². The maximum atomic E-state index is 9.31. The zero-order chi connectivity index (χ0) is 7.78. The third-order valence-corrected chi connectivity index (χ3v) is 2.03. The van der Waals surface area contributed by atoms with Gasteiger partial charge in [-0.1, -0.05) is 0 Å². The van der Waals surface area contributed by atoms with E-state index in [0.29, 0.717) is 12.3 Å². The lowest BCUT2D eigenvalue weighted by atomic mass is 9.92. The zero-order valence-electron chi connectivity index (χ0n) is 6.52. The molecule has 0 aliphatic carbocycles. The molecule has 58 valence electrons. The Morgan fingerprint density at radius 1 is 1.60 bits per heavy atom. The summed E-state index contributed by atoms with van der Waals surface area (Å²) in [7, 11) is 0. The van der Waals surface area contributed by atoms with E-state index in [4.69, 9.17) is 5.41 Å². The van der Waals surface area contributed by atoms with E-state index >= 15 is 0 Å². The van der Waals surface area contributed by atoms with Crippen molar-refractivity contribution < 1.29 is 5.21 Å². The molecule has 0 aromatic rings. The van der Waals surface area contributed by atoms with Crippen molar-refractivity contribution in [2.45, 2.75) is 38.6 Å². The van der Waals surface area contributed by atoms with E-state index in [-0.39, 0.29) is 5.54 Å². The number of hydroxylamine groups is 2. The van der Waals surface area contributed by atoms with Gasteiger partial charge in [-0.15, -0.1) is 0 Å². The first-order valence-electron chi connectivity index (χ1n) is 3.60. The Bertz CT molecular complexity index is 154. The van der Waals surface area contributed by atoms with Gasteiger partial charge in [0.25, 0.3) is 0 Å². The van der Waals surface area contributed by atoms with Crippen LogP contribution in [-0.2, 0) is 0 Å². The Labute approximate surface area is 61.1 Å². The van der Waals surface area contributed by atoms with Gasteiger partial charge in [-0.05, 0) is 26.7 Å². The summed E-state index contributed by atoms with van der Waals surface area (Å²) in [5.74, 6) is 0.344. The highest BCUT2D eigenvalue weighted by Gasteiger charge is 2.31. The summed E-state index contributed by atoms with van der Waals surface area (Å²) >= 11 is 0. The third kappa shape index (κ3) is 1.14. The summed E-state index contributed by atoms with van der Waals surface area (Å²) in [6, 6.07) is 0. The van der Waals surface area contributed by atoms with Gasteiger partial charge in [0.1, 0.15) is 5.84 Å². The van der Waals surface area contributed by atoms with Crippen LogP contribution < -0.4 is 0 Å². The lowest BCUT2D eigenvalue weighted by Crippen LogP contribution is -2.48. The van der Waals surface area contributed by atoms with Gasteiger partial charge >= 0.3 is 0 Å². The van der Waals surface area contributed by atoms with E-state index in [1.807, 2.05) is 13.8 Å². The average Bonchev–Trinajstić information content (AvgIpc) is 1.83. The molecular formula is C7H14N2O. The van der Waals surface area contributed by atoms with Crippen molar-refractivity contribution in [3.8, 4) is 0 Å². The molecule has 1 fully saturated rings. The molecule has 2 N–H and O–H groups in total. The van der Waals surface area contributed by atoms with Crippen LogP contribution in [0.25, 0.3) is 0 Å². The van der Waals surface area contributed by atoms with Crippen LogP contribution in [0.4, 0.5) is 0 Å². The molecular weight excluding hydrogens is 128 g/mol. The van der Waals surface area contributed by atoms with E-state index in [2.05, 4.69) is 0 Å². The number of piperidine rings is 1. The minimum atomic E-state index is -0.227. The molecule has 0 atom stereocenters. The molecule has 0 aromatic heterocycles. The van der Waals surface area contributed by atoms with Gasteiger partial charge in [0.15, 0.2) is 0 Å². The Morgan fingerprint density at radius 3 is 2.60 bits per heavy atom. The topological polar surface area (TPSA) is 47.3 Å². The predicted molar refractivity (Wildman–Crippen MR) is 39.3 cm³/mol. The van der Waals surface area contributed by atoms with Crippen molar-refractivity contribution in [3.05, 3.63) is 0 Å². The van der Waals surface area contributed by atoms with Crippen LogP contribution in [-0.4, -0.2) is 21.6 Å². The van der Waals surface area contributed by atoms with Crippen molar-refractivity contribution in [2.24, 2.45) is 0 Å². The average molecular weight is 142 g/mol. The first-order valence-corrected chi connectivity index (χ1v) is 3.60. The minimum Gasteiger partial charge on any atom is -0.287 e. The highest BCUT2D eigenvalue weighted by Crippen LogP contribution is 2.25. The minimum absolute atomic E-state index is 0.227. The fourth-order valence-electron chi connectivity index (χ4n) is 1.27. The van der Waals surface area contributed by atoms with Gasteiger partial charge in [0, 0.05) is 6.42 Å². The molecule has 1 rings (SSSR count). The molecule has 0 saturated carbocycles. The van der Waals surface area contributed by atoms with Crippen LogP contribution in [0.3, 0.4) is 0 Å². The van der Waals surface area contributed by atoms with Crippen LogP contribution in [0.5, 0.6) is 0 Å². The largest absolute Gasteiger partial charge is 0.287 e. The van der Waals surface area contributed by atoms with Gasteiger partial charge in [0.05, 0.1) is 5.54 Å². The SMILES string of the molecule is CC1(C)CCCC(=N)N1O. The summed E-state index contributed by atoms with van der Waals surface area (Å²) in [6.07, 6.45) is 2.69. The van der Waals surface area contributed by atoms with Gasteiger partial charge in [-0.3, -0.25) is 10.6 Å². The fourth-order valence-corrected chi connectivity index (χ4v) is 1.27. The van der Waals surface area contributed by atoms with Crippen LogP contribution in [0, 0.1) is 5.41 Å². The van der Waals surface area contributed by atoms with Crippen molar-refractivity contribution in [2.75, 3.05) is 0 Å². The number of hydrogen-bond donors (Lipinski definition) is 2. The second kappa shape index (κ2) is 2.23. The Balaban J connectivity index is 2.69. The summed E-state index contributed by atoms with van der Waals surface area (Å²) in [5.41, 5.74) is -0.227. The molecule has 3 heteroatoms. The second-order valence-electron chi connectivity index (χ2n) is 3.42. The highest BCUT2D eigenvalue weighted by atomic mass is 16.5. The van der Waals surface area contributed by atoms with Crippen LogP contribution in [0.1, 0.15) is 33.1 Å². The monoisotopic (exact) mass is 142 g/mol. The van der Waals surface area contributed by atoms with Crippen molar-refractivity contribution in [1.29, 1.82) is 5.41 Å². The van der Waals surface area contributed by atoms with Gasteiger partial charge in [0.2, 0.25) is 0 Å². The summed E-state index contributed by atoms with van der Waals surface area (Å²) in [5, 5.41) is 17.7. The molecule has 0 radical (unpaired) electrons. The number of nitrogens with zero attached hydrogens (tertiary/aromatic N) is 1. The second-order valence-corrected chi connectivity index (χ2v) is 3.42. The van der Waals surface area contributed by atoms with Crippen LogP contribution >= 0.6 is 0 Å². The first-order chi connectivity index (χ1) is 4.54. The number of nitrogens with one attached hydrogen (secondary N) is 1. The Hall–Kier alpha value is -0.570. The van der Waals surface area contributed by atoms with E-state index in [9.17, 15) is 5.21 Å². The van der Waals surface area contributed by atoms with E-state index in [0.717, 1.165) is 17.9 Å². The molecule has 0 bridgehead atoms. The van der Waals surface area contributed by atoms with Crippen molar-refractivity contribution >= 4 is 5.84 Å². The zero-order valence-corrected chi connectivity index (χ0v) is 6.52. The van der Waals surface area contributed by atoms with Crippen LogP contribution in [0.2, 0.25) is 0 Å². The fraction of sp³-hybridized carbons (Fsp3) is 0.857. The maximum Gasteiger partial charge on any atom is 0.121 e. The lowest BCUT2D eigenvalue weighted by molar-refractivity contribution is -0.107. The number of rotatable bonds is 0. The van der Waals surface area contributed by atoms with Gasteiger partial charge in [-0.25, -0.2) is 5.06 Å².